The largest absolute Gasteiger partial charge is 0.311 e. The summed E-state index contributed by atoms with van der Waals surface area (Å²) in [5.74, 6) is -0.564. The Bertz CT molecular complexity index is 609. The molecule has 4 nitrogen and oxygen atoms in total. The van der Waals surface area contributed by atoms with Gasteiger partial charge in [-0.2, -0.15) is 4.31 Å². The van der Waals surface area contributed by atoms with Crippen molar-refractivity contribution in [2.45, 2.75) is 43.7 Å². The van der Waals surface area contributed by atoms with E-state index in [1.807, 2.05) is 13.8 Å². The molecule has 1 aliphatic heterocycles. The van der Waals surface area contributed by atoms with E-state index in [2.05, 4.69) is 21.2 Å². The van der Waals surface area contributed by atoms with Gasteiger partial charge in [0.05, 0.1) is 9.37 Å². The van der Waals surface area contributed by atoms with Gasteiger partial charge in [0, 0.05) is 25.2 Å². The van der Waals surface area contributed by atoms with Gasteiger partial charge in [-0.05, 0) is 47.0 Å². The lowest BCUT2D eigenvalue weighted by Crippen LogP contribution is -2.57. The van der Waals surface area contributed by atoms with Crippen LogP contribution in [0.15, 0.2) is 27.6 Å². The Morgan fingerprint density at radius 2 is 2.10 bits per heavy atom. The van der Waals surface area contributed by atoms with E-state index in [1.165, 1.54) is 16.4 Å². The van der Waals surface area contributed by atoms with Gasteiger partial charge in [-0.1, -0.05) is 13.8 Å². The summed E-state index contributed by atoms with van der Waals surface area (Å²) in [6, 6.07) is 4.00. The summed E-state index contributed by atoms with van der Waals surface area (Å²) in [6.07, 6.45) is 1.58. The van der Waals surface area contributed by atoms with Crippen LogP contribution in [0.5, 0.6) is 0 Å². The highest BCUT2D eigenvalue weighted by Crippen LogP contribution is 2.25. The fourth-order valence-corrected chi connectivity index (χ4v) is 4.53. The van der Waals surface area contributed by atoms with Crippen molar-refractivity contribution in [1.29, 1.82) is 0 Å². The predicted octanol–water partition coefficient (Wildman–Crippen LogP) is 2.74. The number of hydrogen-bond donors (Lipinski definition) is 1. The van der Waals surface area contributed by atoms with Crippen molar-refractivity contribution in [2.24, 2.45) is 0 Å². The van der Waals surface area contributed by atoms with Crippen molar-refractivity contribution in [3.63, 3.8) is 0 Å². The molecule has 1 fully saturated rings. The molecule has 0 spiro atoms. The molecule has 0 aliphatic carbocycles. The number of rotatable bonds is 4. The van der Waals surface area contributed by atoms with Crippen molar-refractivity contribution in [1.82, 2.24) is 9.62 Å². The van der Waals surface area contributed by atoms with Crippen molar-refractivity contribution in [3.05, 3.63) is 28.5 Å². The van der Waals surface area contributed by atoms with Crippen LogP contribution >= 0.6 is 15.9 Å². The molecule has 2 rings (SSSR count). The molecule has 1 aromatic carbocycles. The Balaban J connectivity index is 2.37. The summed E-state index contributed by atoms with van der Waals surface area (Å²) in [5.41, 5.74) is 0. The zero-order chi connectivity index (χ0) is 15.6. The molecule has 0 radical (unpaired) electrons. The van der Waals surface area contributed by atoms with Crippen LogP contribution in [-0.4, -0.2) is 37.9 Å². The van der Waals surface area contributed by atoms with Crippen LogP contribution in [0.3, 0.4) is 0 Å². The SMILES string of the molecule is CCC1CN(S(=O)(=O)c2ccc(Br)c(F)c2)C(CC)CN1. The van der Waals surface area contributed by atoms with Crippen LogP contribution in [-0.2, 0) is 10.0 Å². The van der Waals surface area contributed by atoms with E-state index in [-0.39, 0.29) is 21.5 Å². The van der Waals surface area contributed by atoms with E-state index in [9.17, 15) is 12.8 Å². The average Bonchev–Trinajstić information content (AvgIpc) is 2.49. The first-order chi connectivity index (χ1) is 9.90. The van der Waals surface area contributed by atoms with E-state index in [0.717, 1.165) is 18.9 Å². The summed E-state index contributed by atoms with van der Waals surface area (Å²) in [6.45, 7) is 5.04. The quantitative estimate of drug-likeness (QED) is 0.875. The average molecular weight is 379 g/mol. The fraction of sp³-hybridized carbons (Fsp3) is 0.571. The monoisotopic (exact) mass is 378 g/mol. The number of benzene rings is 1. The molecule has 0 amide bonds. The van der Waals surface area contributed by atoms with Crippen LogP contribution < -0.4 is 5.32 Å². The minimum atomic E-state index is -3.67. The van der Waals surface area contributed by atoms with Crippen LogP contribution in [0, 0.1) is 5.82 Å². The second-order valence-corrected chi connectivity index (χ2v) is 7.97. The Kier molecular flexibility index (Phi) is 5.40. The van der Waals surface area contributed by atoms with Gasteiger partial charge < -0.3 is 5.32 Å². The highest BCUT2D eigenvalue weighted by molar-refractivity contribution is 9.10. The van der Waals surface area contributed by atoms with Crippen molar-refractivity contribution in [3.8, 4) is 0 Å². The first-order valence-electron chi connectivity index (χ1n) is 7.10. The molecule has 0 aromatic heterocycles. The van der Waals surface area contributed by atoms with Crippen LogP contribution in [0.2, 0.25) is 0 Å². The third-order valence-corrected chi connectivity index (χ3v) is 6.47. The van der Waals surface area contributed by atoms with Gasteiger partial charge in [0.1, 0.15) is 5.82 Å². The number of halogens is 2. The smallest absolute Gasteiger partial charge is 0.243 e. The number of nitrogens with zero attached hydrogens (tertiary/aromatic N) is 1. The van der Waals surface area contributed by atoms with Gasteiger partial charge in [-0.25, -0.2) is 12.8 Å². The molecule has 1 aromatic rings. The van der Waals surface area contributed by atoms with E-state index >= 15 is 0 Å². The lowest BCUT2D eigenvalue weighted by molar-refractivity contribution is 0.215. The third kappa shape index (κ3) is 3.47. The van der Waals surface area contributed by atoms with E-state index in [1.54, 1.807) is 0 Å². The lowest BCUT2D eigenvalue weighted by Gasteiger charge is -2.38. The lowest BCUT2D eigenvalue weighted by atomic mass is 10.1. The molecule has 2 unspecified atom stereocenters. The molecule has 1 heterocycles. The molecular weight excluding hydrogens is 359 g/mol. The zero-order valence-electron chi connectivity index (χ0n) is 12.1. The third-order valence-electron chi connectivity index (χ3n) is 3.91. The van der Waals surface area contributed by atoms with Crippen molar-refractivity contribution >= 4 is 26.0 Å². The maximum absolute atomic E-state index is 13.7. The second kappa shape index (κ2) is 6.73. The van der Waals surface area contributed by atoms with Crippen molar-refractivity contribution < 1.29 is 12.8 Å². The number of piperazine rings is 1. The van der Waals surface area contributed by atoms with E-state index < -0.39 is 15.8 Å². The Morgan fingerprint density at radius 1 is 1.38 bits per heavy atom. The minimum Gasteiger partial charge on any atom is -0.311 e. The first kappa shape index (κ1) is 16.9. The maximum atomic E-state index is 13.7. The molecule has 7 heteroatoms. The maximum Gasteiger partial charge on any atom is 0.243 e. The molecule has 0 saturated carbocycles. The Hall–Kier alpha value is -0.500. The Labute approximate surface area is 133 Å². The number of nitrogens with one attached hydrogen (secondary N) is 1. The number of sulfonamides is 1. The fourth-order valence-electron chi connectivity index (χ4n) is 2.52. The standard InChI is InChI=1S/C14H20BrFN2O2S/c1-3-10-9-18(11(4-2)8-17-10)21(19,20)12-5-6-13(15)14(16)7-12/h5-7,10-11,17H,3-4,8-9H2,1-2H3. The van der Waals surface area contributed by atoms with Gasteiger partial charge in [0.15, 0.2) is 0 Å². The van der Waals surface area contributed by atoms with Crippen LogP contribution in [0.1, 0.15) is 26.7 Å². The minimum absolute atomic E-state index is 0.0124. The summed E-state index contributed by atoms with van der Waals surface area (Å²) >= 11 is 3.04. The van der Waals surface area contributed by atoms with E-state index in [4.69, 9.17) is 0 Å². The highest BCUT2D eigenvalue weighted by atomic mass is 79.9. The summed E-state index contributed by atoms with van der Waals surface area (Å²) in [4.78, 5) is 0.0124. The molecule has 1 N–H and O–H groups in total. The van der Waals surface area contributed by atoms with Gasteiger partial charge >= 0.3 is 0 Å². The van der Waals surface area contributed by atoms with Gasteiger partial charge in [0.25, 0.3) is 0 Å². The molecule has 0 bridgehead atoms. The van der Waals surface area contributed by atoms with Crippen molar-refractivity contribution in [2.75, 3.05) is 13.1 Å². The topological polar surface area (TPSA) is 49.4 Å². The van der Waals surface area contributed by atoms with Crippen LogP contribution in [0.25, 0.3) is 0 Å². The normalized spacial score (nSPS) is 24.2. The van der Waals surface area contributed by atoms with Gasteiger partial charge in [-0.3, -0.25) is 0 Å². The summed E-state index contributed by atoms with van der Waals surface area (Å²) in [5, 5.41) is 3.36. The second-order valence-electron chi connectivity index (χ2n) is 5.23. The molecule has 1 aliphatic rings. The summed E-state index contributed by atoms with van der Waals surface area (Å²) < 4.78 is 41.0. The Morgan fingerprint density at radius 3 is 2.67 bits per heavy atom. The van der Waals surface area contributed by atoms with Crippen LogP contribution in [0.4, 0.5) is 4.39 Å². The molecule has 118 valence electrons. The highest BCUT2D eigenvalue weighted by Gasteiger charge is 2.35. The molecular formula is C14H20BrFN2O2S. The van der Waals surface area contributed by atoms with Gasteiger partial charge in [-0.15, -0.1) is 0 Å². The van der Waals surface area contributed by atoms with E-state index in [0.29, 0.717) is 13.1 Å². The molecule has 21 heavy (non-hydrogen) atoms. The van der Waals surface area contributed by atoms with Gasteiger partial charge in [0.2, 0.25) is 10.0 Å². The summed E-state index contributed by atoms with van der Waals surface area (Å²) in [7, 11) is -3.67. The zero-order valence-corrected chi connectivity index (χ0v) is 14.5. The molecule has 2 atom stereocenters. The number of hydrogen-bond acceptors (Lipinski definition) is 3. The first-order valence-corrected chi connectivity index (χ1v) is 9.33. The predicted molar refractivity (Wildman–Crippen MR) is 84.2 cm³/mol. The molecule has 1 saturated heterocycles.